The molecule has 0 aliphatic carbocycles. The zero-order valence-electron chi connectivity index (χ0n) is 12.0. The largest absolute Gasteiger partial charge is 0.391 e. The molecular formula is C13H21NO4S2. The molecule has 1 aromatic heterocycles. The first kappa shape index (κ1) is 15.9. The number of ether oxygens (including phenoxy) is 1. The lowest BCUT2D eigenvalue weighted by Crippen LogP contribution is -2.45. The molecule has 1 atom stereocenters. The summed E-state index contributed by atoms with van der Waals surface area (Å²) in [6.45, 7) is 5.97. The number of aliphatic hydroxyl groups is 1. The van der Waals surface area contributed by atoms with Gasteiger partial charge in [-0.15, -0.1) is 11.3 Å². The van der Waals surface area contributed by atoms with E-state index in [0.29, 0.717) is 29.9 Å². The second kappa shape index (κ2) is 5.73. The number of hydrogen-bond donors (Lipinski definition) is 2. The van der Waals surface area contributed by atoms with Crippen LogP contribution in [0.5, 0.6) is 0 Å². The Morgan fingerprint density at radius 2 is 2.25 bits per heavy atom. The highest BCUT2D eigenvalue weighted by atomic mass is 32.2. The maximum Gasteiger partial charge on any atom is 0.242 e. The molecule has 0 radical (unpaired) electrons. The normalized spacial score (nSPS) is 22.9. The molecule has 0 bridgehead atoms. The second-order valence-corrected chi connectivity index (χ2v) is 8.36. The predicted octanol–water partition coefficient (Wildman–Crippen LogP) is 1.78. The molecule has 114 valence electrons. The fraction of sp³-hybridized carbons (Fsp3) is 0.692. The Morgan fingerprint density at radius 3 is 2.85 bits per heavy atom. The molecule has 5 nitrogen and oxygen atoms in total. The minimum Gasteiger partial charge on any atom is -0.391 e. The van der Waals surface area contributed by atoms with Gasteiger partial charge in [-0.3, -0.25) is 0 Å². The van der Waals surface area contributed by atoms with Gasteiger partial charge in [0.15, 0.2) is 0 Å². The Balaban J connectivity index is 2.21. The summed E-state index contributed by atoms with van der Waals surface area (Å²) in [6, 6.07) is -0.130. The van der Waals surface area contributed by atoms with Crippen LogP contribution in [0.2, 0.25) is 0 Å². The van der Waals surface area contributed by atoms with Crippen molar-refractivity contribution in [3.05, 3.63) is 15.8 Å². The second-order valence-electron chi connectivity index (χ2n) is 5.75. The van der Waals surface area contributed by atoms with Crippen LogP contribution in [0, 0.1) is 6.92 Å². The first-order chi connectivity index (χ1) is 9.25. The van der Waals surface area contributed by atoms with Gasteiger partial charge in [-0.1, -0.05) is 0 Å². The van der Waals surface area contributed by atoms with E-state index in [1.807, 2.05) is 13.8 Å². The number of thiophene rings is 1. The van der Waals surface area contributed by atoms with E-state index >= 15 is 0 Å². The van der Waals surface area contributed by atoms with E-state index < -0.39 is 10.0 Å². The standard InChI is InChI=1S/C13H21NO4S2/c1-9-8-19-11(7-15)12(9)20(16,17)14-10-4-5-18-13(2,3)6-10/h8,10,14-15H,4-7H2,1-3H3. The third-order valence-electron chi connectivity index (χ3n) is 3.42. The van der Waals surface area contributed by atoms with Crippen molar-refractivity contribution in [3.8, 4) is 0 Å². The van der Waals surface area contributed by atoms with Crippen LogP contribution in [0.25, 0.3) is 0 Å². The number of nitrogens with one attached hydrogen (secondary N) is 1. The summed E-state index contributed by atoms with van der Waals surface area (Å²) in [5.41, 5.74) is 0.368. The summed E-state index contributed by atoms with van der Waals surface area (Å²) in [7, 11) is -3.60. The lowest BCUT2D eigenvalue weighted by molar-refractivity contribution is -0.0599. The molecule has 2 rings (SSSR count). The van der Waals surface area contributed by atoms with Crippen LogP contribution >= 0.6 is 11.3 Å². The van der Waals surface area contributed by atoms with Gasteiger partial charge in [-0.05, 0) is 44.6 Å². The number of aryl methyl sites for hydroxylation is 1. The minimum atomic E-state index is -3.60. The summed E-state index contributed by atoms with van der Waals surface area (Å²) in [5.74, 6) is 0. The molecule has 0 saturated carbocycles. The van der Waals surface area contributed by atoms with E-state index in [-0.39, 0.29) is 23.1 Å². The monoisotopic (exact) mass is 319 g/mol. The van der Waals surface area contributed by atoms with Crippen LogP contribution in [0.3, 0.4) is 0 Å². The first-order valence-corrected chi connectivity index (χ1v) is 8.95. The molecular weight excluding hydrogens is 298 g/mol. The van der Waals surface area contributed by atoms with Crippen molar-refractivity contribution < 1.29 is 18.3 Å². The van der Waals surface area contributed by atoms with Crippen molar-refractivity contribution in [2.24, 2.45) is 0 Å². The van der Waals surface area contributed by atoms with Gasteiger partial charge in [0.2, 0.25) is 10.0 Å². The zero-order valence-corrected chi connectivity index (χ0v) is 13.6. The van der Waals surface area contributed by atoms with E-state index in [0.717, 1.165) is 0 Å². The molecule has 1 aliphatic heterocycles. The van der Waals surface area contributed by atoms with Gasteiger partial charge >= 0.3 is 0 Å². The van der Waals surface area contributed by atoms with Crippen molar-refractivity contribution in [1.82, 2.24) is 4.72 Å². The molecule has 0 aromatic carbocycles. The molecule has 1 aromatic rings. The molecule has 1 fully saturated rings. The number of hydrogen-bond acceptors (Lipinski definition) is 5. The van der Waals surface area contributed by atoms with Crippen molar-refractivity contribution in [2.45, 2.75) is 56.8 Å². The molecule has 20 heavy (non-hydrogen) atoms. The van der Waals surface area contributed by atoms with Crippen LogP contribution in [0.15, 0.2) is 10.3 Å². The molecule has 0 spiro atoms. The van der Waals surface area contributed by atoms with Gasteiger partial charge in [-0.25, -0.2) is 13.1 Å². The number of aliphatic hydroxyl groups excluding tert-OH is 1. The lowest BCUT2D eigenvalue weighted by atomic mass is 9.95. The van der Waals surface area contributed by atoms with E-state index in [1.54, 1.807) is 12.3 Å². The summed E-state index contributed by atoms with van der Waals surface area (Å²) in [5, 5.41) is 11.0. The van der Waals surface area contributed by atoms with Gasteiger partial charge in [0, 0.05) is 12.6 Å². The lowest BCUT2D eigenvalue weighted by Gasteiger charge is -2.35. The van der Waals surface area contributed by atoms with Crippen molar-refractivity contribution >= 4 is 21.4 Å². The van der Waals surface area contributed by atoms with E-state index in [9.17, 15) is 13.5 Å². The van der Waals surface area contributed by atoms with Crippen molar-refractivity contribution in [3.63, 3.8) is 0 Å². The molecule has 2 heterocycles. The van der Waals surface area contributed by atoms with Gasteiger partial charge in [0.1, 0.15) is 4.90 Å². The third kappa shape index (κ3) is 3.40. The Hall–Kier alpha value is -0.470. The van der Waals surface area contributed by atoms with Crippen LogP contribution in [0.4, 0.5) is 0 Å². The quantitative estimate of drug-likeness (QED) is 0.887. The zero-order chi connectivity index (χ0) is 15.0. The highest BCUT2D eigenvalue weighted by Gasteiger charge is 2.33. The van der Waals surface area contributed by atoms with Gasteiger partial charge in [0.25, 0.3) is 0 Å². The Labute approximate surface area is 124 Å². The van der Waals surface area contributed by atoms with Crippen LogP contribution < -0.4 is 4.72 Å². The highest BCUT2D eigenvalue weighted by molar-refractivity contribution is 7.89. The van der Waals surface area contributed by atoms with Gasteiger partial charge in [-0.2, -0.15) is 0 Å². The fourth-order valence-electron chi connectivity index (χ4n) is 2.57. The summed E-state index contributed by atoms with van der Waals surface area (Å²) >= 11 is 1.27. The average Bonchev–Trinajstić information content (AvgIpc) is 2.69. The molecule has 1 unspecified atom stereocenters. The van der Waals surface area contributed by atoms with Crippen LogP contribution in [-0.4, -0.2) is 31.8 Å². The summed E-state index contributed by atoms with van der Waals surface area (Å²) < 4.78 is 33.4. The summed E-state index contributed by atoms with van der Waals surface area (Å²) in [4.78, 5) is 0.718. The van der Waals surface area contributed by atoms with Crippen molar-refractivity contribution in [1.29, 1.82) is 0 Å². The Morgan fingerprint density at radius 1 is 1.55 bits per heavy atom. The van der Waals surface area contributed by atoms with Gasteiger partial charge < -0.3 is 9.84 Å². The number of sulfonamides is 1. The topological polar surface area (TPSA) is 75.6 Å². The van der Waals surface area contributed by atoms with Crippen LogP contribution in [0.1, 0.15) is 37.1 Å². The smallest absolute Gasteiger partial charge is 0.242 e. The molecule has 1 aliphatic rings. The number of rotatable bonds is 4. The first-order valence-electron chi connectivity index (χ1n) is 6.59. The minimum absolute atomic E-state index is 0.130. The molecule has 1 saturated heterocycles. The highest BCUT2D eigenvalue weighted by Crippen LogP contribution is 2.29. The molecule has 7 heteroatoms. The fourth-order valence-corrected chi connectivity index (χ4v) is 5.50. The average molecular weight is 319 g/mol. The van der Waals surface area contributed by atoms with E-state index in [2.05, 4.69) is 4.72 Å². The van der Waals surface area contributed by atoms with Gasteiger partial charge in [0.05, 0.1) is 17.1 Å². The SMILES string of the molecule is Cc1csc(CO)c1S(=O)(=O)NC1CCOC(C)(C)C1. The molecule has 2 N–H and O–H groups in total. The Kier molecular flexibility index (Phi) is 4.56. The third-order valence-corrected chi connectivity index (χ3v) is 6.39. The predicted molar refractivity (Wildman–Crippen MR) is 78.4 cm³/mol. The van der Waals surface area contributed by atoms with E-state index in [4.69, 9.17) is 4.74 Å². The molecule has 0 amide bonds. The maximum atomic E-state index is 12.5. The maximum absolute atomic E-state index is 12.5. The Bertz CT molecular complexity index is 577. The van der Waals surface area contributed by atoms with Crippen LogP contribution in [-0.2, 0) is 21.4 Å². The van der Waals surface area contributed by atoms with E-state index in [1.165, 1.54) is 11.3 Å². The summed E-state index contributed by atoms with van der Waals surface area (Å²) in [6.07, 6.45) is 1.31. The van der Waals surface area contributed by atoms with Crippen molar-refractivity contribution in [2.75, 3.05) is 6.61 Å².